The van der Waals surface area contributed by atoms with E-state index in [1.54, 1.807) is 6.20 Å². The molecule has 108 valence electrons. The molecule has 0 spiro atoms. The Morgan fingerprint density at radius 2 is 2.30 bits per heavy atom. The number of fused-ring (bicyclic) bond motifs is 1. The molecule has 0 bridgehead atoms. The molecule has 1 aliphatic heterocycles. The van der Waals surface area contributed by atoms with Crippen molar-refractivity contribution < 1.29 is 14.3 Å². The van der Waals surface area contributed by atoms with Gasteiger partial charge in [0.25, 0.3) is 0 Å². The highest BCUT2D eigenvalue weighted by Gasteiger charge is 2.46. The molecular weight excluding hydrogens is 254 g/mol. The fraction of sp³-hybridized carbons (Fsp3) is 0.625. The number of ketones is 1. The van der Waals surface area contributed by atoms with Crippen molar-refractivity contribution in [3.05, 3.63) is 29.6 Å². The fourth-order valence-electron chi connectivity index (χ4n) is 3.42. The molecule has 0 radical (unpaired) electrons. The lowest BCUT2D eigenvalue weighted by molar-refractivity contribution is -0.159. The second-order valence-electron chi connectivity index (χ2n) is 5.54. The zero-order chi connectivity index (χ0) is 14.0. The van der Waals surface area contributed by atoms with E-state index in [0.717, 1.165) is 18.5 Å². The first kappa shape index (κ1) is 13.7. The van der Waals surface area contributed by atoms with Gasteiger partial charge >= 0.3 is 0 Å². The van der Waals surface area contributed by atoms with Crippen LogP contribution in [0.15, 0.2) is 18.3 Å². The molecule has 1 aromatic heterocycles. The van der Waals surface area contributed by atoms with Crippen LogP contribution in [0.2, 0.25) is 0 Å². The highest BCUT2D eigenvalue weighted by molar-refractivity contribution is 5.94. The third-order valence-corrected chi connectivity index (χ3v) is 4.45. The predicted octanol–water partition coefficient (Wildman–Crippen LogP) is 2.27. The molecule has 4 nitrogen and oxygen atoms in total. The van der Waals surface area contributed by atoms with Gasteiger partial charge in [0.05, 0.1) is 11.6 Å². The number of pyridine rings is 1. The number of carbonyl (C=O) groups is 1. The summed E-state index contributed by atoms with van der Waals surface area (Å²) in [5, 5.41) is 0. The Morgan fingerprint density at radius 3 is 3.05 bits per heavy atom. The van der Waals surface area contributed by atoms with Gasteiger partial charge in [0.1, 0.15) is 5.60 Å². The Hall–Kier alpha value is -1.26. The first-order chi connectivity index (χ1) is 9.77. The number of hydrogen-bond acceptors (Lipinski definition) is 4. The van der Waals surface area contributed by atoms with E-state index < -0.39 is 5.60 Å². The minimum absolute atomic E-state index is 0.101. The summed E-state index contributed by atoms with van der Waals surface area (Å²) in [4.78, 5) is 17.5. The van der Waals surface area contributed by atoms with E-state index in [0.29, 0.717) is 32.7 Å². The Kier molecular flexibility index (Phi) is 3.85. The average molecular weight is 275 g/mol. The second-order valence-corrected chi connectivity index (χ2v) is 5.54. The van der Waals surface area contributed by atoms with E-state index in [1.807, 2.05) is 13.0 Å². The minimum atomic E-state index is -0.656. The molecule has 1 fully saturated rings. The molecule has 1 unspecified atom stereocenters. The SMILES string of the molecule is CCOC1(C(=O)C2CCc3cccnc32)CCOCC1. The molecule has 0 saturated carbocycles. The van der Waals surface area contributed by atoms with Crippen LogP contribution < -0.4 is 0 Å². The lowest BCUT2D eigenvalue weighted by Crippen LogP contribution is -2.48. The molecule has 0 aromatic carbocycles. The van der Waals surface area contributed by atoms with E-state index in [9.17, 15) is 4.79 Å². The van der Waals surface area contributed by atoms with Gasteiger partial charge in [-0.25, -0.2) is 0 Å². The lowest BCUT2D eigenvalue weighted by atomic mass is 9.81. The number of carbonyl (C=O) groups excluding carboxylic acids is 1. The summed E-state index contributed by atoms with van der Waals surface area (Å²) in [5.74, 6) is 0.107. The first-order valence-electron chi connectivity index (χ1n) is 7.46. The van der Waals surface area contributed by atoms with Crippen LogP contribution in [0.4, 0.5) is 0 Å². The highest BCUT2D eigenvalue weighted by Crippen LogP contribution is 2.39. The molecule has 1 atom stereocenters. The Balaban J connectivity index is 1.87. The van der Waals surface area contributed by atoms with Crippen molar-refractivity contribution in [2.75, 3.05) is 19.8 Å². The maximum absolute atomic E-state index is 13.1. The highest BCUT2D eigenvalue weighted by atomic mass is 16.5. The molecule has 4 heteroatoms. The summed E-state index contributed by atoms with van der Waals surface area (Å²) >= 11 is 0. The molecule has 1 aromatic rings. The zero-order valence-corrected chi connectivity index (χ0v) is 11.9. The van der Waals surface area contributed by atoms with E-state index in [2.05, 4.69) is 11.1 Å². The first-order valence-corrected chi connectivity index (χ1v) is 7.46. The van der Waals surface area contributed by atoms with Crippen molar-refractivity contribution in [1.82, 2.24) is 4.98 Å². The van der Waals surface area contributed by atoms with Crippen LogP contribution in [0.3, 0.4) is 0 Å². The maximum Gasteiger partial charge on any atom is 0.173 e. The monoisotopic (exact) mass is 275 g/mol. The van der Waals surface area contributed by atoms with Crippen molar-refractivity contribution in [1.29, 1.82) is 0 Å². The van der Waals surface area contributed by atoms with Crippen LogP contribution in [-0.4, -0.2) is 36.2 Å². The van der Waals surface area contributed by atoms with Gasteiger partial charge in [-0.05, 0) is 31.4 Å². The molecule has 20 heavy (non-hydrogen) atoms. The number of aromatic nitrogens is 1. The van der Waals surface area contributed by atoms with Crippen molar-refractivity contribution >= 4 is 5.78 Å². The molecule has 1 aliphatic carbocycles. The van der Waals surface area contributed by atoms with Gasteiger partial charge in [-0.15, -0.1) is 0 Å². The fourth-order valence-corrected chi connectivity index (χ4v) is 3.42. The summed E-state index contributed by atoms with van der Waals surface area (Å²) in [6.07, 6.45) is 4.91. The van der Waals surface area contributed by atoms with Gasteiger partial charge in [0.2, 0.25) is 0 Å². The number of nitrogens with zero attached hydrogens (tertiary/aromatic N) is 1. The van der Waals surface area contributed by atoms with Crippen molar-refractivity contribution in [2.24, 2.45) is 0 Å². The number of aryl methyl sites for hydroxylation is 1. The van der Waals surface area contributed by atoms with Crippen molar-refractivity contribution in [3.63, 3.8) is 0 Å². The second kappa shape index (κ2) is 5.62. The summed E-state index contributed by atoms with van der Waals surface area (Å²) in [6.45, 7) is 3.72. The lowest BCUT2D eigenvalue weighted by Gasteiger charge is -2.37. The van der Waals surface area contributed by atoms with Gasteiger partial charge in [-0.3, -0.25) is 9.78 Å². The van der Waals surface area contributed by atoms with Crippen molar-refractivity contribution in [2.45, 2.75) is 44.1 Å². The van der Waals surface area contributed by atoms with Crippen LogP contribution >= 0.6 is 0 Å². The van der Waals surface area contributed by atoms with E-state index in [-0.39, 0.29) is 11.7 Å². The maximum atomic E-state index is 13.1. The van der Waals surface area contributed by atoms with E-state index in [4.69, 9.17) is 9.47 Å². The summed E-state index contributed by atoms with van der Waals surface area (Å²) in [6, 6.07) is 4.02. The van der Waals surface area contributed by atoms with Gasteiger partial charge in [0, 0.05) is 38.9 Å². The Labute approximate surface area is 119 Å². The Bertz CT molecular complexity index is 489. The molecular formula is C16H21NO3. The third-order valence-electron chi connectivity index (χ3n) is 4.45. The number of hydrogen-bond donors (Lipinski definition) is 0. The van der Waals surface area contributed by atoms with E-state index in [1.165, 1.54) is 5.56 Å². The largest absolute Gasteiger partial charge is 0.381 e. The number of Topliss-reactive ketones (excluding diaryl/α,β-unsaturated/α-hetero) is 1. The van der Waals surface area contributed by atoms with Gasteiger partial charge in [-0.2, -0.15) is 0 Å². The average Bonchev–Trinajstić information content (AvgIpc) is 2.91. The van der Waals surface area contributed by atoms with Crippen LogP contribution in [0.1, 0.15) is 43.4 Å². The zero-order valence-electron chi connectivity index (χ0n) is 11.9. The van der Waals surface area contributed by atoms with E-state index >= 15 is 0 Å². The summed E-state index contributed by atoms with van der Waals surface area (Å²) in [5.41, 5.74) is 1.52. The molecule has 2 heterocycles. The molecule has 1 saturated heterocycles. The molecule has 0 amide bonds. The van der Waals surface area contributed by atoms with Crippen LogP contribution in [0.5, 0.6) is 0 Å². The quantitative estimate of drug-likeness (QED) is 0.845. The topological polar surface area (TPSA) is 48.4 Å². The molecule has 2 aliphatic rings. The van der Waals surface area contributed by atoms with Crippen LogP contribution in [0, 0.1) is 0 Å². The van der Waals surface area contributed by atoms with Gasteiger partial charge < -0.3 is 9.47 Å². The third kappa shape index (κ3) is 2.27. The number of ether oxygens (including phenoxy) is 2. The molecule has 0 N–H and O–H groups in total. The summed E-state index contributed by atoms with van der Waals surface area (Å²) < 4.78 is 11.3. The van der Waals surface area contributed by atoms with Crippen LogP contribution in [0.25, 0.3) is 0 Å². The molecule has 3 rings (SSSR count). The van der Waals surface area contributed by atoms with Gasteiger partial charge in [-0.1, -0.05) is 6.07 Å². The predicted molar refractivity (Wildman–Crippen MR) is 74.7 cm³/mol. The Morgan fingerprint density at radius 1 is 1.50 bits per heavy atom. The van der Waals surface area contributed by atoms with Gasteiger partial charge in [0.15, 0.2) is 5.78 Å². The smallest absolute Gasteiger partial charge is 0.173 e. The minimum Gasteiger partial charge on any atom is -0.381 e. The number of rotatable bonds is 4. The van der Waals surface area contributed by atoms with Crippen LogP contribution in [-0.2, 0) is 20.7 Å². The van der Waals surface area contributed by atoms with Crippen molar-refractivity contribution in [3.8, 4) is 0 Å². The summed E-state index contributed by atoms with van der Waals surface area (Å²) in [7, 11) is 0. The normalized spacial score (nSPS) is 24.4. The standard InChI is InChI=1S/C16H21NO3/c1-2-20-16(7-10-19-11-8-16)15(18)13-6-5-12-4-3-9-17-14(12)13/h3-4,9,13H,2,5-8,10-11H2,1H3.